The van der Waals surface area contributed by atoms with Crippen molar-refractivity contribution in [2.45, 2.75) is 32.6 Å². The van der Waals surface area contributed by atoms with E-state index < -0.39 is 0 Å². The Balaban J connectivity index is 2.57. The molecule has 18 heavy (non-hydrogen) atoms. The Morgan fingerprint density at radius 1 is 1.28 bits per heavy atom. The first-order chi connectivity index (χ1) is 8.45. The first-order valence-electron chi connectivity index (χ1n) is 5.97. The zero-order valence-corrected chi connectivity index (χ0v) is 11.6. The van der Waals surface area contributed by atoms with Crippen LogP contribution in [0.25, 0.3) is 11.1 Å². The molecule has 0 saturated carbocycles. The Morgan fingerprint density at radius 3 is 2.44 bits per heavy atom. The molecule has 96 valence electrons. The number of anilines is 1. The number of hydrogen-bond donors (Lipinski definition) is 1. The summed E-state index contributed by atoms with van der Waals surface area (Å²) in [5.41, 5.74) is 8.58. The number of aromatic nitrogens is 1. The van der Waals surface area contributed by atoms with E-state index in [0.29, 0.717) is 10.9 Å². The first kappa shape index (κ1) is 13.0. The van der Waals surface area contributed by atoms with Gasteiger partial charge in [0.05, 0.1) is 11.3 Å². The maximum atomic E-state index is 5.90. The largest absolute Gasteiger partial charge is 0.367 e. The highest BCUT2D eigenvalue weighted by atomic mass is 35.5. The van der Waals surface area contributed by atoms with Gasteiger partial charge in [-0.2, -0.15) is 0 Å². The van der Waals surface area contributed by atoms with E-state index in [9.17, 15) is 0 Å². The average molecular weight is 265 g/mol. The molecule has 0 fully saturated rings. The fourth-order valence-electron chi connectivity index (χ4n) is 1.83. The molecule has 0 spiro atoms. The quantitative estimate of drug-likeness (QED) is 0.901. The van der Waals surface area contributed by atoms with Crippen molar-refractivity contribution in [1.82, 2.24) is 5.16 Å². The van der Waals surface area contributed by atoms with E-state index in [-0.39, 0.29) is 5.41 Å². The molecule has 0 unspecified atom stereocenters. The van der Waals surface area contributed by atoms with Gasteiger partial charge >= 0.3 is 0 Å². The lowest BCUT2D eigenvalue weighted by Gasteiger charge is -2.20. The molecule has 1 heterocycles. The zero-order chi connectivity index (χ0) is 13.3. The minimum Gasteiger partial charge on any atom is -0.367 e. The summed E-state index contributed by atoms with van der Waals surface area (Å²) < 4.78 is 5.16. The standard InChI is InChI=1S/C14H17ClN2O/c1-4-14(2,3)12-11(13(16)18-17-12)9-5-7-10(15)8-6-9/h5-8H,4,16H2,1-3H3. The van der Waals surface area contributed by atoms with Crippen LogP contribution in [0.4, 0.5) is 5.88 Å². The topological polar surface area (TPSA) is 52.0 Å². The van der Waals surface area contributed by atoms with Gasteiger partial charge in [0.25, 0.3) is 0 Å². The molecule has 0 saturated heterocycles. The lowest BCUT2D eigenvalue weighted by Crippen LogP contribution is -2.17. The Morgan fingerprint density at radius 2 is 1.89 bits per heavy atom. The SMILES string of the molecule is CCC(C)(C)c1noc(N)c1-c1ccc(Cl)cc1. The minimum atomic E-state index is -0.0733. The molecule has 1 aromatic heterocycles. The van der Waals surface area contributed by atoms with Gasteiger partial charge in [0, 0.05) is 10.4 Å². The molecule has 2 rings (SSSR count). The highest BCUT2D eigenvalue weighted by molar-refractivity contribution is 6.30. The lowest BCUT2D eigenvalue weighted by atomic mass is 9.83. The van der Waals surface area contributed by atoms with E-state index in [4.69, 9.17) is 21.9 Å². The molecule has 2 aromatic rings. The van der Waals surface area contributed by atoms with Crippen molar-refractivity contribution in [2.24, 2.45) is 0 Å². The summed E-state index contributed by atoms with van der Waals surface area (Å²) in [6.07, 6.45) is 0.958. The second-order valence-electron chi connectivity index (χ2n) is 5.01. The van der Waals surface area contributed by atoms with Crippen LogP contribution in [0.15, 0.2) is 28.8 Å². The van der Waals surface area contributed by atoms with Gasteiger partial charge in [0.15, 0.2) is 0 Å². The van der Waals surface area contributed by atoms with Gasteiger partial charge in [0.2, 0.25) is 5.88 Å². The highest BCUT2D eigenvalue weighted by Gasteiger charge is 2.28. The summed E-state index contributed by atoms with van der Waals surface area (Å²) in [6, 6.07) is 7.54. The monoisotopic (exact) mass is 264 g/mol. The summed E-state index contributed by atoms with van der Waals surface area (Å²) in [7, 11) is 0. The van der Waals surface area contributed by atoms with E-state index in [1.807, 2.05) is 24.3 Å². The molecule has 3 nitrogen and oxygen atoms in total. The van der Waals surface area contributed by atoms with Crippen molar-refractivity contribution in [2.75, 3.05) is 5.73 Å². The fourth-order valence-corrected chi connectivity index (χ4v) is 1.95. The van der Waals surface area contributed by atoms with E-state index in [0.717, 1.165) is 23.2 Å². The number of nitrogens with zero attached hydrogens (tertiary/aromatic N) is 1. The number of hydrogen-bond acceptors (Lipinski definition) is 3. The van der Waals surface area contributed by atoms with Gasteiger partial charge in [-0.15, -0.1) is 0 Å². The van der Waals surface area contributed by atoms with Crippen LogP contribution in [0, 0.1) is 0 Å². The van der Waals surface area contributed by atoms with Crippen molar-refractivity contribution in [1.29, 1.82) is 0 Å². The molecule has 0 aliphatic heterocycles. The Hall–Kier alpha value is -1.48. The molecule has 0 radical (unpaired) electrons. The maximum Gasteiger partial charge on any atom is 0.230 e. The van der Waals surface area contributed by atoms with E-state index in [2.05, 4.69) is 25.9 Å². The molecule has 1 aromatic carbocycles. The van der Waals surface area contributed by atoms with Crippen molar-refractivity contribution in [3.05, 3.63) is 35.0 Å². The third-order valence-electron chi connectivity index (χ3n) is 3.38. The van der Waals surface area contributed by atoms with E-state index in [1.165, 1.54) is 0 Å². The predicted octanol–water partition coefficient (Wildman–Crippen LogP) is 4.26. The third kappa shape index (κ3) is 2.23. The zero-order valence-electron chi connectivity index (χ0n) is 10.8. The first-order valence-corrected chi connectivity index (χ1v) is 6.35. The summed E-state index contributed by atoms with van der Waals surface area (Å²) in [4.78, 5) is 0. The van der Waals surface area contributed by atoms with Crippen LogP contribution in [0.1, 0.15) is 32.9 Å². The maximum absolute atomic E-state index is 5.90. The van der Waals surface area contributed by atoms with Gasteiger partial charge in [0.1, 0.15) is 0 Å². The van der Waals surface area contributed by atoms with Gasteiger partial charge in [-0.3, -0.25) is 0 Å². The predicted molar refractivity (Wildman–Crippen MR) is 74.7 cm³/mol. The minimum absolute atomic E-state index is 0.0733. The third-order valence-corrected chi connectivity index (χ3v) is 3.63. The van der Waals surface area contributed by atoms with Crippen LogP contribution in [0.5, 0.6) is 0 Å². The fraction of sp³-hybridized carbons (Fsp3) is 0.357. The van der Waals surface area contributed by atoms with E-state index >= 15 is 0 Å². The molecular formula is C14H17ClN2O. The molecular weight excluding hydrogens is 248 g/mol. The Labute approximate surface area is 112 Å². The van der Waals surface area contributed by atoms with Crippen LogP contribution in [0.2, 0.25) is 5.02 Å². The Bertz CT molecular complexity index is 543. The summed E-state index contributed by atoms with van der Waals surface area (Å²) in [5, 5.41) is 4.82. The van der Waals surface area contributed by atoms with Crippen molar-refractivity contribution < 1.29 is 4.52 Å². The van der Waals surface area contributed by atoms with Crippen LogP contribution in [-0.2, 0) is 5.41 Å². The number of halogens is 1. The Kier molecular flexibility index (Phi) is 3.35. The average Bonchev–Trinajstić information content (AvgIpc) is 2.73. The normalized spacial score (nSPS) is 11.8. The van der Waals surface area contributed by atoms with Crippen molar-refractivity contribution in [3.8, 4) is 11.1 Å². The molecule has 0 bridgehead atoms. The number of nitrogen functional groups attached to an aromatic ring is 1. The molecule has 0 atom stereocenters. The molecule has 0 aliphatic carbocycles. The summed E-state index contributed by atoms with van der Waals surface area (Å²) >= 11 is 5.90. The van der Waals surface area contributed by atoms with Gasteiger partial charge in [-0.25, -0.2) is 0 Å². The summed E-state index contributed by atoms with van der Waals surface area (Å²) in [5.74, 6) is 0.355. The number of rotatable bonds is 3. The smallest absolute Gasteiger partial charge is 0.230 e. The highest BCUT2D eigenvalue weighted by Crippen LogP contribution is 2.38. The second-order valence-corrected chi connectivity index (χ2v) is 5.45. The van der Waals surface area contributed by atoms with Gasteiger partial charge in [-0.05, 0) is 24.1 Å². The number of benzene rings is 1. The lowest BCUT2D eigenvalue weighted by molar-refractivity contribution is 0.391. The number of nitrogens with two attached hydrogens (primary N) is 1. The van der Waals surface area contributed by atoms with Crippen molar-refractivity contribution in [3.63, 3.8) is 0 Å². The molecule has 4 heteroatoms. The molecule has 0 amide bonds. The second kappa shape index (κ2) is 4.65. The van der Waals surface area contributed by atoms with Crippen LogP contribution >= 0.6 is 11.6 Å². The van der Waals surface area contributed by atoms with Crippen LogP contribution in [0.3, 0.4) is 0 Å². The summed E-state index contributed by atoms with van der Waals surface area (Å²) in [6.45, 7) is 6.38. The van der Waals surface area contributed by atoms with Gasteiger partial charge in [-0.1, -0.05) is 49.7 Å². The molecule has 2 N–H and O–H groups in total. The van der Waals surface area contributed by atoms with Crippen LogP contribution in [-0.4, -0.2) is 5.16 Å². The van der Waals surface area contributed by atoms with Gasteiger partial charge < -0.3 is 10.3 Å². The van der Waals surface area contributed by atoms with Crippen molar-refractivity contribution >= 4 is 17.5 Å². The molecule has 0 aliphatic rings. The van der Waals surface area contributed by atoms with Crippen LogP contribution < -0.4 is 5.73 Å². The van der Waals surface area contributed by atoms with E-state index in [1.54, 1.807) is 0 Å².